The zero-order valence-corrected chi connectivity index (χ0v) is 16.0. The second-order valence-electron chi connectivity index (χ2n) is 6.10. The van der Waals surface area contributed by atoms with Gasteiger partial charge in [-0.15, -0.1) is 11.3 Å². The molecule has 4 nitrogen and oxygen atoms in total. The lowest BCUT2D eigenvalue weighted by molar-refractivity contribution is -0.137. The highest BCUT2D eigenvalue weighted by Crippen LogP contribution is 2.38. The number of anilines is 1. The molecule has 0 saturated carbocycles. The Morgan fingerprint density at radius 2 is 2.04 bits per heavy atom. The monoisotopic (exact) mass is 415 g/mol. The summed E-state index contributed by atoms with van der Waals surface area (Å²) in [6, 6.07) is 3.45. The van der Waals surface area contributed by atoms with E-state index < -0.39 is 11.7 Å². The molecule has 2 aromatic rings. The van der Waals surface area contributed by atoms with E-state index in [1.165, 1.54) is 17.2 Å². The minimum atomic E-state index is -4.55. The Hall–Kier alpha value is -2.06. The van der Waals surface area contributed by atoms with Gasteiger partial charge in [0.2, 0.25) is 0 Å². The van der Waals surface area contributed by atoms with Crippen LogP contribution in [-0.2, 0) is 19.0 Å². The van der Waals surface area contributed by atoms with E-state index in [1.54, 1.807) is 18.4 Å². The summed E-state index contributed by atoms with van der Waals surface area (Å²) in [5.74, 6) is -0.375. The number of aryl methyl sites for hydroxylation is 1. The van der Waals surface area contributed by atoms with Gasteiger partial charge in [-0.1, -0.05) is 17.7 Å². The van der Waals surface area contributed by atoms with Crippen LogP contribution in [0.2, 0.25) is 5.02 Å². The van der Waals surface area contributed by atoms with E-state index in [0.29, 0.717) is 5.56 Å². The molecule has 0 spiro atoms. The lowest BCUT2D eigenvalue weighted by Gasteiger charge is -2.12. The highest BCUT2D eigenvalue weighted by atomic mass is 35.5. The highest BCUT2D eigenvalue weighted by Gasteiger charge is 2.33. The molecule has 1 aromatic carbocycles. The summed E-state index contributed by atoms with van der Waals surface area (Å²) in [6.07, 6.45) is 0.542. The molecule has 0 atom stereocenters. The second kappa shape index (κ2) is 7.90. The van der Waals surface area contributed by atoms with Crippen LogP contribution < -0.4 is 10.7 Å². The Bertz CT molecular complexity index is 893. The van der Waals surface area contributed by atoms with Gasteiger partial charge in [0.25, 0.3) is 5.91 Å². The molecule has 144 valence electrons. The van der Waals surface area contributed by atoms with Crippen molar-refractivity contribution in [2.24, 2.45) is 5.10 Å². The average Bonchev–Trinajstić information content (AvgIpc) is 3.00. The predicted octanol–water partition coefficient (Wildman–Crippen LogP) is 5.10. The Balaban J connectivity index is 1.78. The maximum atomic E-state index is 12.9. The van der Waals surface area contributed by atoms with Gasteiger partial charge in [0, 0.05) is 11.9 Å². The molecule has 1 aliphatic carbocycles. The van der Waals surface area contributed by atoms with E-state index in [4.69, 9.17) is 11.6 Å². The first-order chi connectivity index (χ1) is 12.8. The van der Waals surface area contributed by atoms with E-state index >= 15 is 0 Å². The van der Waals surface area contributed by atoms with Gasteiger partial charge in [0.1, 0.15) is 5.00 Å². The van der Waals surface area contributed by atoms with Gasteiger partial charge in [0.05, 0.1) is 22.4 Å². The lowest BCUT2D eigenvalue weighted by atomic mass is 9.95. The van der Waals surface area contributed by atoms with Crippen LogP contribution in [0.4, 0.5) is 18.2 Å². The normalized spacial score (nSPS) is 14.3. The number of hydrogen-bond acceptors (Lipinski definition) is 4. The maximum absolute atomic E-state index is 12.9. The van der Waals surface area contributed by atoms with Gasteiger partial charge in [-0.3, -0.25) is 4.79 Å². The van der Waals surface area contributed by atoms with Crippen LogP contribution in [0.25, 0.3) is 0 Å². The topological polar surface area (TPSA) is 53.5 Å². The van der Waals surface area contributed by atoms with E-state index in [0.717, 1.165) is 48.4 Å². The molecule has 2 N–H and O–H groups in total. The molecule has 1 heterocycles. The van der Waals surface area contributed by atoms with Crippen LogP contribution in [0.5, 0.6) is 0 Å². The first-order valence-corrected chi connectivity index (χ1v) is 9.53. The van der Waals surface area contributed by atoms with Crippen molar-refractivity contribution in [3.05, 3.63) is 50.4 Å². The van der Waals surface area contributed by atoms with Crippen LogP contribution in [-0.4, -0.2) is 19.2 Å². The van der Waals surface area contributed by atoms with E-state index in [2.05, 4.69) is 15.8 Å². The molecule has 1 amide bonds. The Kier molecular flexibility index (Phi) is 5.76. The van der Waals surface area contributed by atoms with Gasteiger partial charge >= 0.3 is 6.18 Å². The zero-order chi connectivity index (χ0) is 19.6. The summed E-state index contributed by atoms with van der Waals surface area (Å²) >= 11 is 7.16. The average molecular weight is 416 g/mol. The molecule has 0 saturated heterocycles. The van der Waals surface area contributed by atoms with Gasteiger partial charge < -0.3 is 5.32 Å². The fraction of sp³-hybridized carbons (Fsp3) is 0.333. The van der Waals surface area contributed by atoms with Crippen molar-refractivity contribution in [2.75, 3.05) is 12.4 Å². The summed E-state index contributed by atoms with van der Waals surface area (Å²) in [5.41, 5.74) is 3.27. The second-order valence-corrected chi connectivity index (χ2v) is 7.61. The Morgan fingerprint density at radius 3 is 2.74 bits per heavy atom. The first kappa shape index (κ1) is 19.7. The van der Waals surface area contributed by atoms with Crippen molar-refractivity contribution in [2.45, 2.75) is 31.9 Å². The molecule has 27 heavy (non-hydrogen) atoms. The number of alkyl halides is 3. The number of carbonyl (C=O) groups is 1. The van der Waals surface area contributed by atoms with Crippen LogP contribution in [0.1, 0.15) is 44.8 Å². The maximum Gasteiger partial charge on any atom is 0.417 e. The Morgan fingerprint density at radius 1 is 1.30 bits per heavy atom. The number of nitrogens with one attached hydrogen (secondary N) is 2. The molecule has 0 fully saturated rings. The number of hydrogen-bond donors (Lipinski definition) is 2. The highest BCUT2D eigenvalue weighted by molar-refractivity contribution is 7.16. The zero-order valence-electron chi connectivity index (χ0n) is 14.4. The third kappa shape index (κ3) is 4.27. The van der Waals surface area contributed by atoms with Crippen molar-refractivity contribution >= 4 is 40.1 Å². The van der Waals surface area contributed by atoms with Crippen molar-refractivity contribution < 1.29 is 18.0 Å². The molecule has 0 unspecified atom stereocenters. The smallest absolute Gasteiger partial charge is 0.379 e. The van der Waals surface area contributed by atoms with Crippen LogP contribution in [0.3, 0.4) is 0 Å². The van der Waals surface area contributed by atoms with Gasteiger partial charge in [-0.25, -0.2) is 5.43 Å². The van der Waals surface area contributed by atoms with Gasteiger partial charge in [-0.2, -0.15) is 18.3 Å². The number of thiophene rings is 1. The standard InChI is InChI=1S/C18H17ClF3N3OS/c1-23-17-15(11-4-2-3-5-14(11)27-17)16(26)25-24-9-10-6-7-13(19)12(8-10)18(20,21)22/h6-9,23H,2-5H2,1H3,(H,25,26)/b24-9+. The van der Waals surface area contributed by atoms with Crippen molar-refractivity contribution in [1.82, 2.24) is 5.43 Å². The number of nitrogens with zero attached hydrogens (tertiary/aromatic N) is 1. The van der Waals surface area contributed by atoms with Crippen molar-refractivity contribution in [1.29, 1.82) is 0 Å². The SMILES string of the molecule is CNc1sc2c(c1C(=O)N/N=C/c1ccc(Cl)c(C(F)(F)F)c1)CCCC2. The lowest BCUT2D eigenvalue weighted by Crippen LogP contribution is -2.20. The summed E-state index contributed by atoms with van der Waals surface area (Å²) in [6.45, 7) is 0. The fourth-order valence-electron chi connectivity index (χ4n) is 3.04. The van der Waals surface area contributed by atoms with E-state index in [-0.39, 0.29) is 16.5 Å². The summed E-state index contributed by atoms with van der Waals surface area (Å²) < 4.78 is 38.7. The van der Waals surface area contributed by atoms with Gasteiger partial charge in [0.15, 0.2) is 0 Å². The largest absolute Gasteiger partial charge is 0.417 e. The third-order valence-electron chi connectivity index (χ3n) is 4.30. The molecule has 0 radical (unpaired) electrons. The fourth-order valence-corrected chi connectivity index (χ4v) is 4.51. The minimum Gasteiger partial charge on any atom is -0.379 e. The van der Waals surface area contributed by atoms with Crippen molar-refractivity contribution in [3.63, 3.8) is 0 Å². The molecule has 0 bridgehead atoms. The number of halogens is 4. The number of rotatable bonds is 4. The Labute approximate surface area is 163 Å². The van der Waals surface area contributed by atoms with Crippen molar-refractivity contribution in [3.8, 4) is 0 Å². The predicted molar refractivity (Wildman–Crippen MR) is 102 cm³/mol. The van der Waals surface area contributed by atoms with Crippen LogP contribution in [0, 0.1) is 0 Å². The summed E-state index contributed by atoms with van der Waals surface area (Å²) in [7, 11) is 1.75. The summed E-state index contributed by atoms with van der Waals surface area (Å²) in [5, 5.41) is 7.25. The summed E-state index contributed by atoms with van der Waals surface area (Å²) in [4.78, 5) is 13.8. The van der Waals surface area contributed by atoms with Gasteiger partial charge in [-0.05, 0) is 48.9 Å². The molecule has 1 aliphatic rings. The molecule has 1 aromatic heterocycles. The molecule has 3 rings (SSSR count). The number of amides is 1. The number of fused-ring (bicyclic) bond motifs is 1. The van der Waals surface area contributed by atoms with Crippen LogP contribution >= 0.6 is 22.9 Å². The molecular formula is C18H17ClF3N3OS. The first-order valence-electron chi connectivity index (χ1n) is 8.33. The molecule has 0 aliphatic heterocycles. The number of carbonyl (C=O) groups excluding carboxylic acids is 1. The third-order valence-corrected chi connectivity index (χ3v) is 5.94. The number of benzene rings is 1. The van der Waals surface area contributed by atoms with Crippen LogP contribution in [0.15, 0.2) is 23.3 Å². The molecule has 9 heteroatoms. The minimum absolute atomic E-state index is 0.188. The number of hydrazone groups is 1. The van der Waals surface area contributed by atoms with E-state index in [9.17, 15) is 18.0 Å². The van der Waals surface area contributed by atoms with E-state index in [1.807, 2.05) is 0 Å². The quantitative estimate of drug-likeness (QED) is 0.539. The molecular weight excluding hydrogens is 399 g/mol.